The van der Waals surface area contributed by atoms with E-state index in [1.165, 1.54) is 18.0 Å². The minimum absolute atomic E-state index is 0.0220. The number of likely N-dealkylation sites (tertiary alicyclic amines) is 1. The van der Waals surface area contributed by atoms with Crippen molar-refractivity contribution in [2.75, 3.05) is 13.7 Å². The van der Waals surface area contributed by atoms with E-state index in [2.05, 4.69) is 31.3 Å². The summed E-state index contributed by atoms with van der Waals surface area (Å²) < 4.78 is 24.3. The van der Waals surface area contributed by atoms with E-state index in [0.29, 0.717) is 19.4 Å². The van der Waals surface area contributed by atoms with Crippen molar-refractivity contribution >= 4 is 17.6 Å². The molecule has 4 saturated heterocycles. The highest BCUT2D eigenvalue weighted by Gasteiger charge is 2.66. The number of Topliss-reactive ketones (excluding diaryl/α,β-unsaturated/α-hetero) is 1. The fourth-order valence-corrected chi connectivity index (χ4v) is 6.82. The van der Waals surface area contributed by atoms with Crippen molar-refractivity contribution in [3.63, 3.8) is 0 Å². The number of ether oxygens (including phenoxy) is 4. The molecule has 0 saturated carbocycles. The molecule has 3 N–H and O–H groups in total. The lowest BCUT2D eigenvalue weighted by Crippen LogP contribution is -2.61. The third-order valence-electron chi connectivity index (χ3n) is 9.67. The summed E-state index contributed by atoms with van der Waals surface area (Å²) in [5.41, 5.74) is -0.127. The maximum absolute atomic E-state index is 13.6. The molecule has 0 aromatic rings. The Kier molecular flexibility index (Phi) is 8.51. The van der Waals surface area contributed by atoms with Gasteiger partial charge in [0.15, 0.2) is 11.4 Å². The number of aliphatic hydroxyl groups excluding tert-OH is 2. The Morgan fingerprint density at radius 1 is 1.19 bits per heavy atom. The van der Waals surface area contributed by atoms with Crippen molar-refractivity contribution in [2.24, 2.45) is 17.8 Å². The second-order valence-electron chi connectivity index (χ2n) is 12.7. The third-order valence-corrected chi connectivity index (χ3v) is 9.67. The van der Waals surface area contributed by atoms with Crippen LogP contribution < -0.4 is 5.32 Å². The molecule has 0 radical (unpaired) electrons. The Morgan fingerprint density at radius 3 is 2.51 bits per heavy atom. The summed E-state index contributed by atoms with van der Waals surface area (Å²) in [5.74, 6) is -3.93. The summed E-state index contributed by atoms with van der Waals surface area (Å²) >= 11 is 0. The zero-order chi connectivity index (χ0) is 31.4. The first-order chi connectivity index (χ1) is 20.2. The molecule has 5 aliphatic heterocycles. The second-order valence-corrected chi connectivity index (χ2v) is 12.7. The maximum atomic E-state index is 13.6. The highest BCUT2D eigenvalue weighted by Crippen LogP contribution is 2.52. The summed E-state index contributed by atoms with van der Waals surface area (Å²) in [4.78, 5) is 41.1. The zero-order valence-corrected chi connectivity index (χ0v) is 25.9. The van der Waals surface area contributed by atoms with Gasteiger partial charge in [0.05, 0.1) is 36.9 Å². The third kappa shape index (κ3) is 5.50. The Balaban J connectivity index is 1.36. The first kappa shape index (κ1) is 31.6. The Bertz CT molecular complexity index is 1280. The number of carbonyl (C=O) groups is 3. The lowest BCUT2D eigenvalue weighted by molar-refractivity contribution is -0.346. The number of carbonyl (C=O) groups excluding carboxylic acids is 3. The Hall–Kier alpha value is -2.83. The lowest BCUT2D eigenvalue weighted by atomic mass is 9.82. The SMILES string of the molecule is CNC(=O)C(C)C1C(=O)/C(=C(O)/C=C/C(C)=CC(C)C2OC3(C)OC(C=CC34CO4)C2C)C(=O)N1C1CCC(O)C(C)O1. The molecule has 0 aliphatic carbocycles. The van der Waals surface area contributed by atoms with Gasteiger partial charge in [-0.25, -0.2) is 0 Å². The highest BCUT2D eigenvalue weighted by atomic mass is 16.8. The van der Waals surface area contributed by atoms with Crippen molar-refractivity contribution in [1.29, 1.82) is 0 Å². The molecule has 0 aromatic carbocycles. The van der Waals surface area contributed by atoms with Crippen LogP contribution in [-0.4, -0.2) is 94.4 Å². The van der Waals surface area contributed by atoms with Crippen LogP contribution in [0.3, 0.4) is 0 Å². The number of nitrogens with zero attached hydrogens (tertiary/aromatic N) is 1. The van der Waals surface area contributed by atoms with Crippen LogP contribution in [0.15, 0.2) is 47.3 Å². The number of hydrogen-bond acceptors (Lipinski definition) is 9. The minimum atomic E-state index is -1.15. The second kappa shape index (κ2) is 11.6. The van der Waals surface area contributed by atoms with E-state index in [1.807, 2.05) is 19.9 Å². The molecular formula is C32H44N2O9. The van der Waals surface area contributed by atoms with Crippen LogP contribution in [-0.2, 0) is 33.3 Å². The predicted octanol–water partition coefficient (Wildman–Crippen LogP) is 2.46. The van der Waals surface area contributed by atoms with Crippen LogP contribution in [0.4, 0.5) is 0 Å². The normalized spacial score (nSPS) is 42.0. The molecule has 2 bridgehead atoms. The summed E-state index contributed by atoms with van der Waals surface area (Å²) in [5, 5.41) is 23.7. The molecule has 5 rings (SSSR count). The van der Waals surface area contributed by atoms with E-state index in [-0.39, 0.29) is 29.6 Å². The van der Waals surface area contributed by atoms with Gasteiger partial charge in [0.25, 0.3) is 5.91 Å². The Labute approximate surface area is 252 Å². The van der Waals surface area contributed by atoms with Gasteiger partial charge < -0.3 is 39.4 Å². The monoisotopic (exact) mass is 600 g/mol. The fraction of sp³-hybridized carbons (Fsp3) is 0.656. The van der Waals surface area contributed by atoms with Crippen molar-refractivity contribution in [2.45, 2.75) is 102 Å². The molecule has 5 heterocycles. The van der Waals surface area contributed by atoms with Gasteiger partial charge in [0.1, 0.15) is 23.6 Å². The molecule has 11 nitrogen and oxygen atoms in total. The van der Waals surface area contributed by atoms with E-state index in [0.717, 1.165) is 5.57 Å². The molecule has 11 unspecified atom stereocenters. The summed E-state index contributed by atoms with van der Waals surface area (Å²) in [6.45, 7) is 11.7. The van der Waals surface area contributed by atoms with Gasteiger partial charge >= 0.3 is 0 Å². The Morgan fingerprint density at radius 2 is 1.88 bits per heavy atom. The van der Waals surface area contributed by atoms with E-state index in [9.17, 15) is 24.6 Å². The van der Waals surface area contributed by atoms with E-state index >= 15 is 0 Å². The first-order valence-corrected chi connectivity index (χ1v) is 15.1. The molecule has 2 amide bonds. The topological polar surface area (TPSA) is 147 Å². The van der Waals surface area contributed by atoms with Gasteiger partial charge in [-0.3, -0.25) is 14.4 Å². The summed E-state index contributed by atoms with van der Waals surface area (Å²) in [7, 11) is 1.46. The average molecular weight is 601 g/mol. The number of rotatable bonds is 7. The number of allylic oxidation sites excluding steroid dienone is 3. The first-order valence-electron chi connectivity index (χ1n) is 15.1. The van der Waals surface area contributed by atoms with Crippen molar-refractivity contribution in [3.8, 4) is 0 Å². The van der Waals surface area contributed by atoms with E-state index in [4.69, 9.17) is 18.9 Å². The average Bonchev–Trinajstić information content (AvgIpc) is 3.71. The van der Waals surface area contributed by atoms with Crippen LogP contribution in [0.25, 0.3) is 0 Å². The number of ketones is 1. The van der Waals surface area contributed by atoms with Crippen LogP contribution in [0.2, 0.25) is 0 Å². The number of nitrogens with one attached hydrogen (secondary N) is 1. The maximum Gasteiger partial charge on any atom is 0.264 e. The summed E-state index contributed by atoms with van der Waals surface area (Å²) in [6.07, 6.45) is 7.46. The molecule has 1 spiro atoms. The lowest BCUT2D eigenvalue weighted by Gasteiger charge is -2.51. The number of hydrogen-bond donors (Lipinski definition) is 3. The van der Waals surface area contributed by atoms with Crippen LogP contribution in [0, 0.1) is 17.8 Å². The quantitative estimate of drug-likeness (QED) is 0.100. The number of fused-ring (bicyclic) bond motifs is 3. The van der Waals surface area contributed by atoms with Gasteiger partial charge in [-0.05, 0) is 45.8 Å². The van der Waals surface area contributed by atoms with E-state index in [1.54, 1.807) is 19.9 Å². The zero-order valence-electron chi connectivity index (χ0n) is 25.9. The summed E-state index contributed by atoms with van der Waals surface area (Å²) in [6, 6.07) is -1.15. The largest absolute Gasteiger partial charge is 0.507 e. The molecule has 0 aromatic heterocycles. The molecule has 11 atom stereocenters. The smallest absolute Gasteiger partial charge is 0.264 e. The number of aliphatic hydroxyl groups is 2. The van der Waals surface area contributed by atoms with Crippen molar-refractivity contribution in [1.82, 2.24) is 10.2 Å². The van der Waals surface area contributed by atoms with Gasteiger partial charge in [0, 0.05) is 18.9 Å². The van der Waals surface area contributed by atoms with E-state index < -0.39 is 65.1 Å². The van der Waals surface area contributed by atoms with Gasteiger partial charge in [-0.15, -0.1) is 0 Å². The van der Waals surface area contributed by atoms with Gasteiger partial charge in [-0.1, -0.05) is 44.6 Å². The standard InChI is InChI=1S/C32H44N2O9/c1-16(14-17(2)28-18(3)23-12-13-32(15-40-32)31(6,42-23)43-28)8-9-22(36)25-27(37)26(19(4)29(38)33-7)34(30(25)39)24-11-10-21(35)20(5)41-24/h8-9,12-14,17-21,23-24,26,28,35-36H,10-11,15H2,1-7H3,(H,33,38)/b9-8+,16-14?,25-22+. The van der Waals surface area contributed by atoms with Crippen molar-refractivity contribution in [3.05, 3.63) is 47.3 Å². The minimum Gasteiger partial charge on any atom is -0.507 e. The van der Waals surface area contributed by atoms with Crippen LogP contribution >= 0.6 is 0 Å². The molecular weight excluding hydrogens is 556 g/mol. The molecule has 5 aliphatic rings. The fourth-order valence-electron chi connectivity index (χ4n) is 6.82. The molecule has 236 valence electrons. The highest BCUT2D eigenvalue weighted by molar-refractivity contribution is 6.27. The van der Waals surface area contributed by atoms with Crippen LogP contribution in [0.1, 0.15) is 54.4 Å². The van der Waals surface area contributed by atoms with Crippen molar-refractivity contribution < 1.29 is 43.5 Å². The molecule has 4 fully saturated rings. The van der Waals surface area contributed by atoms with Gasteiger partial charge in [0.2, 0.25) is 11.7 Å². The molecule has 11 heteroatoms. The number of amides is 2. The number of epoxide rings is 1. The van der Waals surface area contributed by atoms with Crippen LogP contribution in [0.5, 0.6) is 0 Å². The van der Waals surface area contributed by atoms with Gasteiger partial charge in [-0.2, -0.15) is 0 Å². The predicted molar refractivity (Wildman–Crippen MR) is 155 cm³/mol. The molecule has 43 heavy (non-hydrogen) atoms.